The van der Waals surface area contributed by atoms with Gasteiger partial charge in [-0.25, -0.2) is 14.4 Å². The van der Waals surface area contributed by atoms with Crippen molar-refractivity contribution in [3.05, 3.63) is 42.7 Å². The number of nitrogens with zero attached hydrogens (tertiary/aromatic N) is 5. The highest BCUT2D eigenvalue weighted by atomic mass is 19.1. The van der Waals surface area contributed by atoms with Gasteiger partial charge in [-0.05, 0) is 31.0 Å². The van der Waals surface area contributed by atoms with Crippen molar-refractivity contribution in [2.75, 3.05) is 38.2 Å². The van der Waals surface area contributed by atoms with Gasteiger partial charge in [0.05, 0.1) is 30.7 Å². The number of pyridine rings is 1. The number of likely N-dealkylation sites (tertiary alicyclic amines) is 1. The topological polar surface area (TPSA) is 71.5 Å². The molecular weight excluding hydrogens is 397 g/mol. The molecule has 3 aliphatic rings. The second-order valence-electron chi connectivity index (χ2n) is 9.01. The third-order valence-corrected chi connectivity index (χ3v) is 6.58. The Morgan fingerprint density at radius 3 is 2.61 bits per heavy atom. The minimum Gasteiger partial charge on any atom is -0.481 e. The monoisotopic (exact) mass is 419 g/mol. The van der Waals surface area contributed by atoms with Gasteiger partial charge in [0, 0.05) is 48.6 Å². The molecule has 6 rings (SSSR count). The summed E-state index contributed by atoms with van der Waals surface area (Å²) in [6.07, 6.45) is 4.29. The average molecular weight is 419 g/mol. The van der Waals surface area contributed by atoms with Crippen molar-refractivity contribution in [2.24, 2.45) is 5.41 Å². The molecule has 2 aromatic heterocycles. The number of fused-ring (bicyclic) bond motifs is 1. The third kappa shape index (κ3) is 3.00. The molecule has 0 N–H and O–H groups in total. The van der Waals surface area contributed by atoms with Gasteiger partial charge in [0.15, 0.2) is 5.67 Å². The number of hydrogen-bond donors (Lipinski definition) is 0. The number of methoxy groups -OCH3 is 1. The van der Waals surface area contributed by atoms with Crippen LogP contribution in [0.3, 0.4) is 0 Å². The predicted octanol–water partition coefficient (Wildman–Crippen LogP) is 2.85. The quantitative estimate of drug-likeness (QED) is 0.648. The van der Waals surface area contributed by atoms with Gasteiger partial charge in [-0.2, -0.15) is 0 Å². The number of hydrogen-bond acceptors (Lipinski definition) is 6. The van der Waals surface area contributed by atoms with E-state index >= 15 is 0 Å². The lowest BCUT2D eigenvalue weighted by Gasteiger charge is -2.60. The van der Waals surface area contributed by atoms with Crippen molar-refractivity contribution in [3.63, 3.8) is 0 Å². The van der Waals surface area contributed by atoms with E-state index in [9.17, 15) is 9.18 Å². The van der Waals surface area contributed by atoms with E-state index in [0.717, 1.165) is 41.1 Å². The van der Waals surface area contributed by atoms with Crippen LogP contribution in [0, 0.1) is 5.41 Å². The van der Waals surface area contributed by atoms with E-state index < -0.39 is 5.67 Å². The van der Waals surface area contributed by atoms with Crippen LogP contribution in [0.5, 0.6) is 5.88 Å². The van der Waals surface area contributed by atoms with Gasteiger partial charge in [-0.15, -0.1) is 0 Å². The number of amides is 1. The van der Waals surface area contributed by atoms with Crippen molar-refractivity contribution in [1.29, 1.82) is 0 Å². The number of rotatable bonds is 4. The fraction of sp³-hybridized carbons (Fsp3) is 0.391. The molecule has 31 heavy (non-hydrogen) atoms. The summed E-state index contributed by atoms with van der Waals surface area (Å²) in [6, 6.07) is 9.81. The Bertz CT molecular complexity index is 1200. The maximum Gasteiger partial charge on any atom is 0.260 e. The molecule has 2 aliphatic heterocycles. The van der Waals surface area contributed by atoms with Crippen LogP contribution in [0.2, 0.25) is 0 Å². The maximum atomic E-state index is 14.0. The van der Waals surface area contributed by atoms with Crippen molar-refractivity contribution in [1.82, 2.24) is 19.9 Å². The van der Waals surface area contributed by atoms with Crippen molar-refractivity contribution in [2.45, 2.75) is 18.5 Å². The molecule has 0 unspecified atom stereocenters. The Kier molecular flexibility index (Phi) is 3.79. The molecule has 2 saturated heterocycles. The first kappa shape index (κ1) is 18.5. The summed E-state index contributed by atoms with van der Waals surface area (Å²) in [5.74, 6) is 1.09. The molecule has 8 heteroatoms. The molecule has 3 fully saturated rings. The van der Waals surface area contributed by atoms with Gasteiger partial charge < -0.3 is 14.5 Å². The van der Waals surface area contributed by atoms with Crippen molar-refractivity contribution in [3.8, 4) is 17.1 Å². The van der Waals surface area contributed by atoms with Gasteiger partial charge >= 0.3 is 0 Å². The molecule has 0 bridgehead atoms. The highest BCUT2D eigenvalue weighted by Crippen LogP contribution is 2.47. The number of benzene rings is 1. The Morgan fingerprint density at radius 1 is 1.06 bits per heavy atom. The molecule has 1 aromatic carbocycles. The SMILES string of the molecule is COc1ccc2cc(-c3cncc(N4CC5(CN(C(=O)C6(F)CC6)C5)C4)n3)ccc2n1. The minimum absolute atomic E-state index is 0.0757. The van der Waals surface area contributed by atoms with E-state index in [2.05, 4.69) is 14.9 Å². The first-order valence-electron chi connectivity index (χ1n) is 10.5. The predicted molar refractivity (Wildman–Crippen MR) is 114 cm³/mol. The number of alkyl halides is 1. The lowest BCUT2D eigenvalue weighted by molar-refractivity contribution is -0.152. The fourth-order valence-electron chi connectivity index (χ4n) is 4.67. The van der Waals surface area contributed by atoms with E-state index in [1.807, 2.05) is 30.3 Å². The lowest BCUT2D eigenvalue weighted by Crippen LogP contribution is -2.74. The standard InChI is InChI=1S/C23H22FN5O2/c1-31-20-5-3-15-8-16(2-4-17(15)27-20)18-9-25-10-19(26-18)28-11-22(12-28)13-29(14-22)21(30)23(24)6-7-23/h2-5,8-10H,6-7,11-14H2,1H3. The molecule has 1 spiro atoms. The second-order valence-corrected chi connectivity index (χ2v) is 9.01. The highest BCUT2D eigenvalue weighted by Gasteiger charge is 2.60. The van der Waals surface area contributed by atoms with Gasteiger partial charge in [-0.1, -0.05) is 6.07 Å². The fourth-order valence-corrected chi connectivity index (χ4v) is 4.67. The second kappa shape index (κ2) is 6.35. The summed E-state index contributed by atoms with van der Waals surface area (Å²) in [4.78, 5) is 29.6. The molecule has 1 aliphatic carbocycles. The molecule has 4 heterocycles. The Labute approximate surface area is 178 Å². The van der Waals surface area contributed by atoms with E-state index in [4.69, 9.17) is 9.72 Å². The number of carbonyl (C=O) groups excluding carboxylic acids is 1. The average Bonchev–Trinajstić information content (AvgIpc) is 3.49. The summed E-state index contributed by atoms with van der Waals surface area (Å²) < 4.78 is 19.2. The largest absolute Gasteiger partial charge is 0.481 e. The highest BCUT2D eigenvalue weighted by molar-refractivity contribution is 5.89. The van der Waals surface area contributed by atoms with Gasteiger partial charge in [-0.3, -0.25) is 9.78 Å². The number of ether oxygens (including phenoxy) is 1. The lowest BCUT2D eigenvalue weighted by atomic mass is 9.72. The van der Waals surface area contributed by atoms with Crippen LogP contribution < -0.4 is 9.64 Å². The van der Waals surface area contributed by atoms with Crippen molar-refractivity contribution < 1.29 is 13.9 Å². The smallest absolute Gasteiger partial charge is 0.260 e. The number of halogens is 1. The summed E-state index contributed by atoms with van der Waals surface area (Å²) in [5.41, 5.74) is 1.15. The summed E-state index contributed by atoms with van der Waals surface area (Å²) in [6.45, 7) is 2.91. The summed E-state index contributed by atoms with van der Waals surface area (Å²) in [7, 11) is 1.60. The Hall–Kier alpha value is -3.29. The minimum atomic E-state index is -1.56. The van der Waals surface area contributed by atoms with E-state index in [1.165, 1.54) is 0 Å². The van der Waals surface area contributed by atoms with Crippen molar-refractivity contribution >= 4 is 22.6 Å². The molecule has 0 radical (unpaired) electrons. The van der Waals surface area contributed by atoms with E-state index in [0.29, 0.717) is 31.8 Å². The van der Waals surface area contributed by atoms with Gasteiger partial charge in [0.2, 0.25) is 5.88 Å². The molecule has 158 valence electrons. The number of anilines is 1. The van der Waals surface area contributed by atoms with Gasteiger partial charge in [0.25, 0.3) is 5.91 Å². The number of carbonyl (C=O) groups is 1. The van der Waals surface area contributed by atoms with Crippen LogP contribution in [0.15, 0.2) is 42.7 Å². The Morgan fingerprint density at radius 2 is 1.87 bits per heavy atom. The zero-order valence-electron chi connectivity index (χ0n) is 17.2. The molecule has 1 saturated carbocycles. The zero-order valence-corrected chi connectivity index (χ0v) is 17.2. The normalized spacial score (nSPS) is 20.3. The zero-order chi connectivity index (χ0) is 21.2. The number of aromatic nitrogens is 3. The van der Waals surface area contributed by atoms with E-state index in [1.54, 1.807) is 24.4 Å². The summed E-state index contributed by atoms with van der Waals surface area (Å²) in [5, 5.41) is 1.01. The first-order valence-corrected chi connectivity index (χ1v) is 10.5. The first-order chi connectivity index (χ1) is 15.0. The maximum absolute atomic E-state index is 14.0. The van der Waals surface area contributed by atoms with Gasteiger partial charge in [0.1, 0.15) is 5.82 Å². The third-order valence-electron chi connectivity index (χ3n) is 6.58. The summed E-state index contributed by atoms with van der Waals surface area (Å²) >= 11 is 0. The molecule has 1 amide bonds. The van der Waals surface area contributed by atoms with Crippen LogP contribution in [-0.4, -0.2) is 64.7 Å². The van der Waals surface area contributed by atoms with Crippen LogP contribution in [0.25, 0.3) is 22.2 Å². The molecule has 7 nitrogen and oxygen atoms in total. The van der Waals surface area contributed by atoms with Crippen LogP contribution in [0.4, 0.5) is 10.2 Å². The molecule has 3 aromatic rings. The van der Waals surface area contributed by atoms with E-state index in [-0.39, 0.29) is 11.3 Å². The van der Waals surface area contributed by atoms with Crippen LogP contribution >= 0.6 is 0 Å². The van der Waals surface area contributed by atoms with Crippen LogP contribution in [-0.2, 0) is 4.79 Å². The molecular formula is C23H22FN5O2. The Balaban J connectivity index is 1.16. The van der Waals surface area contributed by atoms with Crippen LogP contribution in [0.1, 0.15) is 12.8 Å². The molecule has 0 atom stereocenters.